The van der Waals surface area contributed by atoms with E-state index < -0.39 is 0 Å². The zero-order valence-corrected chi connectivity index (χ0v) is 25.1. The molecule has 29 heavy (non-hydrogen) atoms. The summed E-state index contributed by atoms with van der Waals surface area (Å²) in [6.45, 7) is 30.6. The van der Waals surface area contributed by atoms with E-state index in [-0.39, 0.29) is 43.8 Å². The summed E-state index contributed by atoms with van der Waals surface area (Å²) in [6, 6.07) is 3.74. The first-order valence-corrected chi connectivity index (χ1v) is 11.6. The molecule has 1 aromatic carbocycles. The SMILES string of the molecule is CC.CC.CC.CC.[CH2-]Cc1[c-]c2c(c3c1N(C)CC3)C(C)(C)N(C)C2(C)C.[Y]. The van der Waals surface area contributed by atoms with Crippen LogP contribution in [0.5, 0.6) is 0 Å². The maximum Gasteiger partial charge on any atom is 0.0179 e. The van der Waals surface area contributed by atoms with Gasteiger partial charge in [0.1, 0.15) is 0 Å². The molecule has 169 valence electrons. The van der Waals surface area contributed by atoms with Crippen molar-refractivity contribution in [2.75, 3.05) is 25.5 Å². The monoisotopic (exact) mass is 479 g/mol. The molecule has 0 unspecified atom stereocenters. The molecule has 0 saturated carbocycles. The molecule has 0 fully saturated rings. The van der Waals surface area contributed by atoms with Crippen molar-refractivity contribution >= 4 is 5.69 Å². The summed E-state index contributed by atoms with van der Waals surface area (Å²) in [6.07, 6.45) is 1.98. The first kappa shape index (κ1) is 33.7. The third kappa shape index (κ3) is 6.30. The quantitative estimate of drug-likeness (QED) is 0.388. The van der Waals surface area contributed by atoms with Gasteiger partial charge in [0, 0.05) is 44.8 Å². The Morgan fingerprint density at radius 3 is 1.72 bits per heavy atom. The number of fused-ring (bicyclic) bond motifs is 3. The molecule has 0 amide bonds. The van der Waals surface area contributed by atoms with Crippen LogP contribution in [-0.4, -0.2) is 25.5 Å². The van der Waals surface area contributed by atoms with Crippen molar-refractivity contribution in [3.05, 3.63) is 35.2 Å². The molecule has 2 aliphatic heterocycles. The van der Waals surface area contributed by atoms with Gasteiger partial charge in [0.2, 0.25) is 0 Å². The molecule has 2 heterocycles. The minimum Gasteiger partial charge on any atom is -0.426 e. The fourth-order valence-electron chi connectivity index (χ4n) is 4.17. The van der Waals surface area contributed by atoms with E-state index in [0.29, 0.717) is 0 Å². The molecule has 0 N–H and O–H groups in total. The maximum absolute atomic E-state index is 4.12. The van der Waals surface area contributed by atoms with Gasteiger partial charge in [-0.3, -0.25) is 0 Å². The normalized spacial score (nSPS) is 16.7. The molecule has 0 atom stereocenters. The minimum atomic E-state index is 0. The molecule has 0 bridgehead atoms. The van der Waals surface area contributed by atoms with Gasteiger partial charge >= 0.3 is 0 Å². The van der Waals surface area contributed by atoms with Crippen LogP contribution in [0.15, 0.2) is 0 Å². The third-order valence-electron chi connectivity index (χ3n) is 5.63. The van der Waals surface area contributed by atoms with Crippen LogP contribution in [0.1, 0.15) is 105 Å². The van der Waals surface area contributed by atoms with E-state index in [4.69, 9.17) is 0 Å². The van der Waals surface area contributed by atoms with Crippen LogP contribution in [0.3, 0.4) is 0 Å². The summed E-state index contributed by atoms with van der Waals surface area (Å²) in [5.74, 6) is 0. The van der Waals surface area contributed by atoms with Crippen molar-refractivity contribution in [2.45, 2.75) is 107 Å². The van der Waals surface area contributed by atoms with Crippen molar-refractivity contribution in [3.8, 4) is 0 Å². The Morgan fingerprint density at radius 1 is 0.862 bits per heavy atom. The summed E-state index contributed by atoms with van der Waals surface area (Å²) in [5, 5.41) is 0. The minimum absolute atomic E-state index is 0. The second-order valence-electron chi connectivity index (χ2n) is 7.28. The Kier molecular flexibility index (Phi) is 17.4. The fraction of sp³-hybridized carbons (Fsp3) is 0.731. The zero-order chi connectivity index (χ0) is 22.9. The van der Waals surface area contributed by atoms with Gasteiger partial charge in [0.25, 0.3) is 0 Å². The number of rotatable bonds is 1. The van der Waals surface area contributed by atoms with Crippen molar-refractivity contribution < 1.29 is 32.7 Å². The molecular formula is C26H50N2Y-2. The summed E-state index contributed by atoms with van der Waals surface area (Å²) in [7, 11) is 4.44. The molecule has 0 aliphatic carbocycles. The Morgan fingerprint density at radius 2 is 1.31 bits per heavy atom. The van der Waals surface area contributed by atoms with E-state index in [2.05, 4.69) is 64.6 Å². The van der Waals surface area contributed by atoms with E-state index in [1.807, 2.05) is 55.4 Å². The molecule has 2 aliphatic rings. The Bertz CT molecular complexity index is 577. The molecule has 1 radical (unpaired) electrons. The van der Waals surface area contributed by atoms with Crippen LogP contribution in [-0.2, 0) is 56.6 Å². The number of likely N-dealkylation sites (N-methyl/N-ethyl adjacent to an activating group) is 1. The Hall–Kier alpha value is 0.0839. The number of hydrogen-bond donors (Lipinski definition) is 0. The van der Waals surface area contributed by atoms with Crippen molar-refractivity contribution in [1.29, 1.82) is 0 Å². The zero-order valence-electron chi connectivity index (χ0n) is 22.3. The predicted molar refractivity (Wildman–Crippen MR) is 131 cm³/mol. The van der Waals surface area contributed by atoms with Gasteiger partial charge in [-0.1, -0.05) is 74.9 Å². The fourth-order valence-corrected chi connectivity index (χ4v) is 4.17. The van der Waals surface area contributed by atoms with Gasteiger partial charge in [-0.05, 0) is 39.9 Å². The molecule has 3 heteroatoms. The summed E-state index contributed by atoms with van der Waals surface area (Å²) >= 11 is 0. The number of hydrogen-bond acceptors (Lipinski definition) is 2. The molecule has 2 nitrogen and oxygen atoms in total. The van der Waals surface area contributed by atoms with E-state index in [1.54, 1.807) is 5.56 Å². The van der Waals surface area contributed by atoms with E-state index in [0.717, 1.165) is 19.4 Å². The number of benzene rings is 1. The second-order valence-corrected chi connectivity index (χ2v) is 7.28. The van der Waals surface area contributed by atoms with Crippen molar-refractivity contribution in [2.24, 2.45) is 0 Å². The standard InChI is InChI=1S/C18H26N2.4C2H6.Y/c1-8-12-11-14-15(13-9-10-19(6)16(12)13)18(4,5)20(7)17(14,2)3;4*1-2;/h1,8-10H2,2-7H3;4*1-2H3;/q-2;;;;;. The molecule has 0 spiro atoms. The smallest absolute Gasteiger partial charge is 0.0179 e. The molecule has 3 rings (SSSR count). The van der Waals surface area contributed by atoms with Crippen LogP contribution >= 0.6 is 0 Å². The Labute approximate surface area is 210 Å². The van der Waals surface area contributed by atoms with E-state index in [1.165, 1.54) is 22.4 Å². The van der Waals surface area contributed by atoms with Crippen LogP contribution in [0.2, 0.25) is 0 Å². The van der Waals surface area contributed by atoms with Crippen molar-refractivity contribution in [3.63, 3.8) is 0 Å². The van der Waals surface area contributed by atoms with Gasteiger partial charge in [0.15, 0.2) is 0 Å². The first-order chi connectivity index (χ1) is 13.2. The average Bonchev–Trinajstić information content (AvgIpc) is 3.18. The van der Waals surface area contributed by atoms with Gasteiger partial charge < -0.3 is 16.7 Å². The van der Waals surface area contributed by atoms with E-state index in [9.17, 15) is 0 Å². The number of nitrogens with zero attached hydrogens (tertiary/aromatic N) is 2. The van der Waals surface area contributed by atoms with Crippen LogP contribution in [0.25, 0.3) is 0 Å². The second kappa shape index (κ2) is 15.0. The molecule has 0 saturated heterocycles. The van der Waals surface area contributed by atoms with Crippen LogP contribution in [0.4, 0.5) is 5.69 Å². The summed E-state index contributed by atoms with van der Waals surface area (Å²) < 4.78 is 0. The number of anilines is 1. The molecule has 1 aromatic rings. The first-order valence-electron chi connectivity index (χ1n) is 11.6. The van der Waals surface area contributed by atoms with Gasteiger partial charge in [0.05, 0.1) is 0 Å². The summed E-state index contributed by atoms with van der Waals surface area (Å²) in [4.78, 5) is 4.88. The van der Waals surface area contributed by atoms with Gasteiger partial charge in [-0.25, -0.2) is 0 Å². The van der Waals surface area contributed by atoms with Crippen molar-refractivity contribution in [1.82, 2.24) is 4.90 Å². The largest absolute Gasteiger partial charge is 0.426 e. The van der Waals surface area contributed by atoms with Gasteiger partial charge in [-0.2, -0.15) is 18.1 Å². The van der Waals surface area contributed by atoms with Crippen LogP contribution in [0, 0.1) is 13.0 Å². The maximum atomic E-state index is 4.12. The molecular weight excluding hydrogens is 429 g/mol. The third-order valence-corrected chi connectivity index (χ3v) is 5.63. The van der Waals surface area contributed by atoms with E-state index >= 15 is 0 Å². The average molecular weight is 480 g/mol. The predicted octanol–water partition coefficient (Wildman–Crippen LogP) is 7.37. The van der Waals surface area contributed by atoms with Gasteiger partial charge in [-0.15, -0.1) is 16.7 Å². The topological polar surface area (TPSA) is 6.48 Å². The summed E-state index contributed by atoms with van der Waals surface area (Å²) in [5.41, 5.74) is 7.25. The molecule has 0 aromatic heterocycles. The Balaban J connectivity index is -0.000000674. The van der Waals surface area contributed by atoms with Crippen LogP contribution < -0.4 is 4.90 Å².